The van der Waals surface area contributed by atoms with E-state index in [1.807, 2.05) is 5.32 Å². The predicted molar refractivity (Wildman–Crippen MR) is 93.6 cm³/mol. The number of urea groups is 1. The molecule has 5 amide bonds. The molecule has 0 unspecified atom stereocenters. The highest BCUT2D eigenvalue weighted by Crippen LogP contribution is 2.19. The number of rotatable bonds is 5. The molecular weight excluding hydrogens is 354 g/mol. The molecule has 1 aliphatic rings. The fourth-order valence-corrected chi connectivity index (χ4v) is 2.49. The Morgan fingerprint density at radius 3 is 2.48 bits per heavy atom. The van der Waals surface area contributed by atoms with Gasteiger partial charge in [0.25, 0.3) is 11.8 Å². The molecule has 0 spiro atoms. The number of carbonyl (C=O) groups excluding carboxylic acids is 5. The van der Waals surface area contributed by atoms with E-state index in [-0.39, 0.29) is 12.5 Å². The SMILES string of the molecule is CC(C)NC(=O)NC(=O)[C@H](C)OC(=O)CN1C(=O)Cc2ccccc2C1=O. The molecule has 144 valence electrons. The summed E-state index contributed by atoms with van der Waals surface area (Å²) in [5.74, 6) is -2.86. The van der Waals surface area contributed by atoms with E-state index in [4.69, 9.17) is 4.74 Å². The second-order valence-corrected chi connectivity index (χ2v) is 6.37. The van der Waals surface area contributed by atoms with Crippen LogP contribution in [0.1, 0.15) is 36.7 Å². The minimum atomic E-state index is -1.27. The van der Waals surface area contributed by atoms with E-state index < -0.39 is 42.4 Å². The summed E-state index contributed by atoms with van der Waals surface area (Å²) in [6.45, 7) is 4.11. The van der Waals surface area contributed by atoms with Crippen LogP contribution >= 0.6 is 0 Å². The van der Waals surface area contributed by atoms with E-state index in [2.05, 4.69) is 5.32 Å². The lowest BCUT2D eigenvalue weighted by Crippen LogP contribution is -2.48. The molecule has 1 aromatic carbocycles. The smallest absolute Gasteiger partial charge is 0.326 e. The van der Waals surface area contributed by atoms with Crippen molar-refractivity contribution in [3.8, 4) is 0 Å². The Kier molecular flexibility index (Phi) is 6.27. The van der Waals surface area contributed by atoms with Gasteiger partial charge in [-0.25, -0.2) is 4.79 Å². The second kappa shape index (κ2) is 8.43. The average molecular weight is 375 g/mol. The van der Waals surface area contributed by atoms with Crippen LogP contribution in [0.5, 0.6) is 0 Å². The quantitative estimate of drug-likeness (QED) is 0.567. The van der Waals surface area contributed by atoms with Crippen LogP contribution in [-0.2, 0) is 25.5 Å². The Morgan fingerprint density at radius 1 is 1.15 bits per heavy atom. The predicted octanol–water partition coefficient (Wildman–Crippen LogP) is 0.377. The zero-order valence-electron chi connectivity index (χ0n) is 15.3. The number of imide groups is 2. The van der Waals surface area contributed by atoms with E-state index >= 15 is 0 Å². The van der Waals surface area contributed by atoms with Gasteiger partial charge in [0.1, 0.15) is 6.54 Å². The maximum atomic E-state index is 12.4. The Balaban J connectivity index is 1.93. The molecule has 1 heterocycles. The molecule has 1 aliphatic heterocycles. The van der Waals surface area contributed by atoms with E-state index in [1.165, 1.54) is 6.92 Å². The Bertz CT molecular complexity index is 789. The van der Waals surface area contributed by atoms with Gasteiger partial charge in [-0.2, -0.15) is 0 Å². The lowest BCUT2D eigenvalue weighted by atomic mass is 9.98. The molecule has 9 heteroatoms. The van der Waals surface area contributed by atoms with Crippen LogP contribution in [0.3, 0.4) is 0 Å². The minimum Gasteiger partial charge on any atom is -0.451 e. The number of nitrogens with zero attached hydrogens (tertiary/aromatic N) is 1. The molecule has 1 aromatic rings. The van der Waals surface area contributed by atoms with Crippen molar-refractivity contribution in [1.29, 1.82) is 0 Å². The second-order valence-electron chi connectivity index (χ2n) is 6.37. The number of hydrogen-bond donors (Lipinski definition) is 2. The van der Waals surface area contributed by atoms with Crippen molar-refractivity contribution < 1.29 is 28.7 Å². The Morgan fingerprint density at radius 2 is 1.81 bits per heavy atom. The molecule has 1 atom stereocenters. The van der Waals surface area contributed by atoms with Crippen molar-refractivity contribution in [3.63, 3.8) is 0 Å². The van der Waals surface area contributed by atoms with Crippen LogP contribution in [0.4, 0.5) is 4.79 Å². The number of amides is 5. The van der Waals surface area contributed by atoms with Gasteiger partial charge in [-0.1, -0.05) is 18.2 Å². The van der Waals surface area contributed by atoms with E-state index in [0.29, 0.717) is 11.1 Å². The summed E-state index contributed by atoms with van der Waals surface area (Å²) in [5, 5.41) is 4.50. The molecule has 27 heavy (non-hydrogen) atoms. The Hall–Kier alpha value is -3.23. The normalized spacial score (nSPS) is 14.4. The first kappa shape index (κ1) is 20.1. The number of fused-ring (bicyclic) bond motifs is 1. The van der Waals surface area contributed by atoms with Gasteiger partial charge in [0, 0.05) is 11.6 Å². The number of benzene rings is 1. The van der Waals surface area contributed by atoms with Crippen LogP contribution in [0.2, 0.25) is 0 Å². The van der Waals surface area contributed by atoms with Crippen molar-refractivity contribution in [1.82, 2.24) is 15.5 Å². The first-order chi connectivity index (χ1) is 12.7. The highest BCUT2D eigenvalue weighted by Gasteiger charge is 2.33. The van der Waals surface area contributed by atoms with Gasteiger partial charge in [0.2, 0.25) is 5.91 Å². The van der Waals surface area contributed by atoms with E-state index in [1.54, 1.807) is 38.1 Å². The largest absolute Gasteiger partial charge is 0.451 e. The summed E-state index contributed by atoms with van der Waals surface area (Å²) in [7, 11) is 0. The maximum absolute atomic E-state index is 12.4. The third-order valence-electron chi connectivity index (χ3n) is 3.76. The molecule has 9 nitrogen and oxygen atoms in total. The van der Waals surface area contributed by atoms with Crippen molar-refractivity contribution >= 4 is 29.7 Å². The van der Waals surface area contributed by atoms with Gasteiger partial charge in [-0.05, 0) is 32.4 Å². The number of nitrogens with one attached hydrogen (secondary N) is 2. The molecule has 0 radical (unpaired) electrons. The minimum absolute atomic E-state index is 0.000602. The van der Waals surface area contributed by atoms with Crippen molar-refractivity contribution in [2.45, 2.75) is 39.3 Å². The summed E-state index contributed by atoms with van der Waals surface area (Å²) in [6.07, 6.45) is -1.27. The van der Waals surface area contributed by atoms with Crippen LogP contribution in [0.15, 0.2) is 24.3 Å². The zero-order chi connectivity index (χ0) is 20.1. The number of carbonyl (C=O) groups is 5. The lowest BCUT2D eigenvalue weighted by Gasteiger charge is -2.26. The molecule has 0 fully saturated rings. The molecular formula is C18H21N3O6. The molecule has 0 saturated heterocycles. The zero-order valence-corrected chi connectivity index (χ0v) is 15.3. The van der Waals surface area contributed by atoms with Gasteiger partial charge in [-0.15, -0.1) is 0 Å². The summed E-state index contributed by atoms with van der Waals surface area (Å²) in [6, 6.07) is 5.75. The van der Waals surface area contributed by atoms with Gasteiger partial charge in [0.15, 0.2) is 6.10 Å². The van der Waals surface area contributed by atoms with Crippen molar-refractivity contribution in [3.05, 3.63) is 35.4 Å². The van der Waals surface area contributed by atoms with Gasteiger partial charge in [-0.3, -0.25) is 29.4 Å². The number of ether oxygens (including phenoxy) is 1. The van der Waals surface area contributed by atoms with Crippen LogP contribution in [-0.4, -0.2) is 53.3 Å². The van der Waals surface area contributed by atoms with Gasteiger partial charge < -0.3 is 10.1 Å². The summed E-state index contributed by atoms with van der Waals surface area (Å²) in [4.78, 5) is 60.7. The highest BCUT2D eigenvalue weighted by molar-refractivity contribution is 6.11. The first-order valence-corrected chi connectivity index (χ1v) is 8.42. The van der Waals surface area contributed by atoms with Gasteiger partial charge in [0.05, 0.1) is 6.42 Å². The maximum Gasteiger partial charge on any atom is 0.326 e. The van der Waals surface area contributed by atoms with Crippen LogP contribution in [0, 0.1) is 0 Å². The van der Waals surface area contributed by atoms with E-state index in [0.717, 1.165) is 4.90 Å². The highest BCUT2D eigenvalue weighted by atomic mass is 16.5. The Labute approximate surface area is 156 Å². The standard InChI is InChI=1S/C18H21N3O6/c1-10(2)19-18(26)20-16(24)11(3)27-15(23)9-21-14(22)8-12-6-4-5-7-13(12)17(21)25/h4-7,10-11H,8-9H2,1-3H3,(H2,19,20,24,26)/t11-/m0/s1. The molecule has 2 rings (SSSR count). The van der Waals surface area contributed by atoms with Crippen LogP contribution in [0.25, 0.3) is 0 Å². The summed E-state index contributed by atoms with van der Waals surface area (Å²) < 4.78 is 4.93. The molecule has 0 bridgehead atoms. The summed E-state index contributed by atoms with van der Waals surface area (Å²) >= 11 is 0. The average Bonchev–Trinajstić information content (AvgIpc) is 2.57. The molecule has 2 N–H and O–H groups in total. The molecule has 0 aromatic heterocycles. The number of hydrogen-bond acceptors (Lipinski definition) is 6. The summed E-state index contributed by atoms with van der Waals surface area (Å²) in [5.41, 5.74) is 0.946. The molecule has 0 saturated carbocycles. The van der Waals surface area contributed by atoms with Crippen molar-refractivity contribution in [2.75, 3.05) is 6.54 Å². The molecule has 0 aliphatic carbocycles. The lowest BCUT2D eigenvalue weighted by molar-refractivity contribution is -0.156. The third kappa shape index (κ3) is 5.13. The van der Waals surface area contributed by atoms with E-state index in [9.17, 15) is 24.0 Å². The fraction of sp³-hybridized carbons (Fsp3) is 0.389. The van der Waals surface area contributed by atoms with Crippen LogP contribution < -0.4 is 10.6 Å². The fourth-order valence-electron chi connectivity index (χ4n) is 2.49. The number of esters is 1. The van der Waals surface area contributed by atoms with Crippen molar-refractivity contribution in [2.24, 2.45) is 0 Å². The third-order valence-corrected chi connectivity index (χ3v) is 3.76. The monoisotopic (exact) mass is 375 g/mol. The topological polar surface area (TPSA) is 122 Å². The van der Waals surface area contributed by atoms with Gasteiger partial charge >= 0.3 is 12.0 Å². The first-order valence-electron chi connectivity index (χ1n) is 8.42.